The van der Waals surface area contributed by atoms with Crippen LogP contribution in [0.3, 0.4) is 0 Å². The van der Waals surface area contributed by atoms with Gasteiger partial charge in [-0.25, -0.2) is 8.42 Å². The van der Waals surface area contributed by atoms with Crippen molar-refractivity contribution >= 4 is 9.84 Å². The highest BCUT2D eigenvalue weighted by molar-refractivity contribution is 7.92. The molecule has 1 aromatic rings. The summed E-state index contributed by atoms with van der Waals surface area (Å²) in [6.07, 6.45) is 6.37. The van der Waals surface area contributed by atoms with Gasteiger partial charge >= 0.3 is 0 Å². The molecule has 18 heavy (non-hydrogen) atoms. The smallest absolute Gasteiger partial charge is 0.154 e. The Morgan fingerprint density at radius 2 is 2.17 bits per heavy atom. The fourth-order valence-corrected chi connectivity index (χ4v) is 2.84. The molecule has 0 saturated carbocycles. The molecule has 2 rings (SSSR count). The molecule has 0 saturated heterocycles. The molecule has 0 aromatic carbocycles. The molecule has 1 unspecified atom stereocenters. The highest BCUT2D eigenvalue weighted by Gasteiger charge is 2.32. The second kappa shape index (κ2) is 4.38. The van der Waals surface area contributed by atoms with Crippen LogP contribution in [0.25, 0.3) is 0 Å². The second-order valence-electron chi connectivity index (χ2n) is 5.88. The standard InChI is InChI=1S/C13H22N2O2S/c1-13(2,18(3,16)17)9-15-8-7-10-11(14)5-4-6-12(10)15/h7-8,11H,4-6,9,14H2,1-3H3. The normalized spacial score (nSPS) is 20.8. The van der Waals surface area contributed by atoms with Crippen molar-refractivity contribution in [1.29, 1.82) is 0 Å². The first kappa shape index (κ1) is 13.6. The van der Waals surface area contributed by atoms with Gasteiger partial charge in [0.1, 0.15) is 0 Å². The van der Waals surface area contributed by atoms with Gasteiger partial charge in [-0.05, 0) is 44.7 Å². The predicted octanol–water partition coefficient (Wildman–Crippen LogP) is 1.65. The third-order valence-corrected chi connectivity index (χ3v) is 6.13. The van der Waals surface area contributed by atoms with Gasteiger partial charge in [0.25, 0.3) is 0 Å². The average Bonchev–Trinajstić information content (AvgIpc) is 2.61. The Morgan fingerprint density at radius 3 is 2.78 bits per heavy atom. The molecule has 2 N–H and O–H groups in total. The number of rotatable bonds is 3. The second-order valence-corrected chi connectivity index (χ2v) is 8.53. The molecule has 1 aliphatic rings. The van der Waals surface area contributed by atoms with Crippen LogP contribution in [0.1, 0.15) is 44.0 Å². The molecule has 0 aliphatic heterocycles. The summed E-state index contributed by atoms with van der Waals surface area (Å²) in [5.74, 6) is 0. The van der Waals surface area contributed by atoms with Crippen LogP contribution in [0.5, 0.6) is 0 Å². The minimum Gasteiger partial charge on any atom is -0.350 e. The quantitative estimate of drug-likeness (QED) is 0.908. The summed E-state index contributed by atoms with van der Waals surface area (Å²) in [6.45, 7) is 4.04. The zero-order chi connectivity index (χ0) is 13.6. The number of fused-ring (bicyclic) bond motifs is 1. The van der Waals surface area contributed by atoms with Crippen LogP contribution >= 0.6 is 0 Å². The van der Waals surface area contributed by atoms with E-state index in [1.54, 1.807) is 13.8 Å². The fourth-order valence-electron chi connectivity index (χ4n) is 2.47. The summed E-state index contributed by atoms with van der Waals surface area (Å²) in [6, 6.07) is 2.15. The number of hydrogen-bond donors (Lipinski definition) is 1. The van der Waals surface area contributed by atoms with Crippen LogP contribution in [0.15, 0.2) is 12.3 Å². The van der Waals surface area contributed by atoms with E-state index in [0.29, 0.717) is 6.54 Å². The van der Waals surface area contributed by atoms with Gasteiger partial charge in [-0.15, -0.1) is 0 Å². The first-order valence-electron chi connectivity index (χ1n) is 6.35. The van der Waals surface area contributed by atoms with Gasteiger partial charge in [0.2, 0.25) is 0 Å². The SMILES string of the molecule is CC(C)(Cn1ccc2c1CCCC2N)S(C)(=O)=O. The van der Waals surface area contributed by atoms with Crippen LogP contribution in [0, 0.1) is 0 Å². The van der Waals surface area contributed by atoms with Crippen LogP contribution in [0.2, 0.25) is 0 Å². The van der Waals surface area contributed by atoms with Gasteiger partial charge in [-0.2, -0.15) is 0 Å². The summed E-state index contributed by atoms with van der Waals surface area (Å²) < 4.78 is 24.9. The zero-order valence-electron chi connectivity index (χ0n) is 11.3. The molecule has 0 radical (unpaired) electrons. The molecular weight excluding hydrogens is 248 g/mol. The topological polar surface area (TPSA) is 65.1 Å². The first-order valence-corrected chi connectivity index (χ1v) is 8.24. The Balaban J connectivity index is 2.32. The average molecular weight is 270 g/mol. The lowest BCUT2D eigenvalue weighted by Gasteiger charge is -2.26. The third-order valence-electron chi connectivity index (χ3n) is 4.00. The molecule has 0 amide bonds. The van der Waals surface area contributed by atoms with Gasteiger partial charge in [0, 0.05) is 30.7 Å². The fraction of sp³-hybridized carbons (Fsp3) is 0.692. The molecule has 1 heterocycles. The first-order chi connectivity index (χ1) is 8.22. The van der Waals surface area contributed by atoms with E-state index in [2.05, 4.69) is 4.57 Å². The Bertz CT molecular complexity index is 543. The van der Waals surface area contributed by atoms with Crippen LogP contribution in [-0.2, 0) is 22.8 Å². The molecular formula is C13H22N2O2S. The highest BCUT2D eigenvalue weighted by Crippen LogP contribution is 2.30. The summed E-state index contributed by atoms with van der Waals surface area (Å²) in [5, 5.41) is 0. The Morgan fingerprint density at radius 1 is 1.50 bits per heavy atom. The Labute approximate surface area is 109 Å². The molecule has 1 atom stereocenters. The van der Waals surface area contributed by atoms with Crippen LogP contribution < -0.4 is 5.73 Å². The van der Waals surface area contributed by atoms with Gasteiger partial charge < -0.3 is 10.3 Å². The summed E-state index contributed by atoms with van der Waals surface area (Å²) in [4.78, 5) is 0. The van der Waals surface area contributed by atoms with Gasteiger partial charge in [0.15, 0.2) is 9.84 Å². The number of aromatic nitrogens is 1. The van der Waals surface area contributed by atoms with E-state index in [-0.39, 0.29) is 6.04 Å². The Kier molecular flexibility index (Phi) is 3.32. The van der Waals surface area contributed by atoms with Crippen molar-refractivity contribution in [3.05, 3.63) is 23.5 Å². The number of nitrogens with two attached hydrogens (primary N) is 1. The Hall–Kier alpha value is -0.810. The number of hydrogen-bond acceptors (Lipinski definition) is 3. The van der Waals surface area contributed by atoms with E-state index < -0.39 is 14.6 Å². The zero-order valence-corrected chi connectivity index (χ0v) is 12.1. The van der Waals surface area contributed by atoms with Crippen molar-refractivity contribution in [2.24, 2.45) is 5.73 Å². The molecule has 1 aliphatic carbocycles. The van der Waals surface area contributed by atoms with Crippen LogP contribution in [-0.4, -0.2) is 24.0 Å². The van der Waals surface area contributed by atoms with Crippen LogP contribution in [0.4, 0.5) is 0 Å². The van der Waals surface area contributed by atoms with Gasteiger partial charge in [-0.3, -0.25) is 0 Å². The maximum absolute atomic E-state index is 11.8. The molecule has 0 bridgehead atoms. The van der Waals surface area contributed by atoms with E-state index >= 15 is 0 Å². The molecule has 0 fully saturated rings. The van der Waals surface area contributed by atoms with Gasteiger partial charge in [0.05, 0.1) is 4.75 Å². The minimum absolute atomic E-state index is 0.108. The lowest BCUT2D eigenvalue weighted by Crippen LogP contribution is -2.36. The van der Waals surface area contributed by atoms with E-state index in [1.165, 1.54) is 17.5 Å². The van der Waals surface area contributed by atoms with E-state index in [9.17, 15) is 8.42 Å². The molecule has 4 nitrogen and oxygen atoms in total. The van der Waals surface area contributed by atoms with E-state index in [0.717, 1.165) is 19.3 Å². The van der Waals surface area contributed by atoms with Crippen molar-refractivity contribution in [3.8, 4) is 0 Å². The molecule has 5 heteroatoms. The van der Waals surface area contributed by atoms with Crippen molar-refractivity contribution in [3.63, 3.8) is 0 Å². The largest absolute Gasteiger partial charge is 0.350 e. The summed E-state index contributed by atoms with van der Waals surface area (Å²) in [7, 11) is -3.07. The summed E-state index contributed by atoms with van der Waals surface area (Å²) in [5.41, 5.74) is 8.48. The van der Waals surface area contributed by atoms with E-state index in [1.807, 2.05) is 12.3 Å². The van der Waals surface area contributed by atoms with Crippen molar-refractivity contribution in [2.45, 2.75) is 50.4 Å². The van der Waals surface area contributed by atoms with E-state index in [4.69, 9.17) is 5.73 Å². The van der Waals surface area contributed by atoms with Crippen molar-refractivity contribution < 1.29 is 8.42 Å². The molecule has 102 valence electrons. The maximum Gasteiger partial charge on any atom is 0.154 e. The molecule has 1 aromatic heterocycles. The molecule has 0 spiro atoms. The van der Waals surface area contributed by atoms with Crippen molar-refractivity contribution in [1.82, 2.24) is 4.57 Å². The summed E-state index contributed by atoms with van der Waals surface area (Å²) >= 11 is 0. The van der Waals surface area contributed by atoms with Gasteiger partial charge in [-0.1, -0.05) is 0 Å². The maximum atomic E-state index is 11.8. The van der Waals surface area contributed by atoms with Crippen molar-refractivity contribution in [2.75, 3.05) is 6.26 Å². The predicted molar refractivity (Wildman–Crippen MR) is 73.2 cm³/mol. The third kappa shape index (κ3) is 2.34. The number of sulfone groups is 1. The monoisotopic (exact) mass is 270 g/mol. The number of nitrogens with zero attached hydrogens (tertiary/aromatic N) is 1. The minimum atomic E-state index is -3.07. The highest BCUT2D eigenvalue weighted by atomic mass is 32.2. The lowest BCUT2D eigenvalue weighted by atomic mass is 9.93. The lowest BCUT2D eigenvalue weighted by molar-refractivity contribution is 0.480.